The molecule has 0 fully saturated rings. The molecule has 0 aromatic carbocycles. The molecule has 2 rings (SSSR count). The minimum Gasteiger partial charge on any atom is -0.339 e. The summed E-state index contributed by atoms with van der Waals surface area (Å²) in [5.41, 5.74) is 0.126. The largest absolute Gasteiger partial charge is 0.435 e. The second kappa shape index (κ2) is 6.05. The lowest BCUT2D eigenvalue weighted by atomic mass is 10.2. The number of hydrogen-bond acceptors (Lipinski definition) is 3. The Balaban J connectivity index is 2.14. The molecular weight excluding hydrogens is 311 g/mol. The number of carbonyl (C=O) groups excluding carboxylic acids is 1. The number of rotatable bonds is 4. The Labute approximate surface area is 131 Å². The Morgan fingerprint density at radius 1 is 1.43 bits per heavy atom. The first-order chi connectivity index (χ1) is 10.6. The Morgan fingerprint density at radius 3 is 2.57 bits per heavy atom. The Bertz CT molecular complexity index is 704. The van der Waals surface area contributed by atoms with Crippen molar-refractivity contribution in [2.45, 2.75) is 32.6 Å². The molecule has 0 spiro atoms. The van der Waals surface area contributed by atoms with Gasteiger partial charge in [0.05, 0.1) is 6.20 Å². The number of alkyl halides is 3. The highest BCUT2D eigenvalue weighted by atomic mass is 19.4. The van der Waals surface area contributed by atoms with Crippen LogP contribution in [0.4, 0.5) is 13.2 Å². The van der Waals surface area contributed by atoms with Gasteiger partial charge in [0.15, 0.2) is 5.69 Å². The molecule has 0 saturated carbocycles. The monoisotopic (exact) mass is 329 g/mol. The van der Waals surface area contributed by atoms with Crippen LogP contribution in [0.3, 0.4) is 0 Å². The van der Waals surface area contributed by atoms with Crippen molar-refractivity contribution in [2.75, 3.05) is 7.05 Å². The van der Waals surface area contributed by atoms with E-state index in [0.29, 0.717) is 6.54 Å². The number of likely N-dealkylation sites (N-methyl/N-ethyl adjacent to an activating group) is 1. The summed E-state index contributed by atoms with van der Waals surface area (Å²) in [6.07, 6.45) is -1.12. The lowest BCUT2D eigenvalue weighted by Gasteiger charge is -2.22. The van der Waals surface area contributed by atoms with Crippen LogP contribution in [-0.4, -0.2) is 37.4 Å². The van der Waals surface area contributed by atoms with Crippen LogP contribution in [0.5, 0.6) is 0 Å². The Morgan fingerprint density at radius 2 is 2.09 bits per heavy atom. The third-order valence-electron chi connectivity index (χ3n) is 3.49. The van der Waals surface area contributed by atoms with Gasteiger partial charge in [0, 0.05) is 38.1 Å². The summed E-state index contributed by atoms with van der Waals surface area (Å²) in [5, 5.41) is 7.54. The molecule has 0 bridgehead atoms. The summed E-state index contributed by atoms with van der Waals surface area (Å²) in [6.45, 7) is 3.35. The fourth-order valence-corrected chi connectivity index (χ4v) is 2.35. The van der Waals surface area contributed by atoms with Crippen molar-refractivity contribution in [1.82, 2.24) is 24.5 Å². The summed E-state index contributed by atoms with van der Waals surface area (Å²) in [5.74, 6) is -0.325. The van der Waals surface area contributed by atoms with Crippen LogP contribution < -0.4 is 0 Å². The fourth-order valence-electron chi connectivity index (χ4n) is 2.35. The van der Waals surface area contributed by atoms with Crippen molar-refractivity contribution in [3.8, 4) is 0 Å². The normalized spacial score (nSPS) is 13.2. The highest BCUT2D eigenvalue weighted by molar-refractivity contribution is 5.79. The van der Waals surface area contributed by atoms with Gasteiger partial charge in [-0.3, -0.25) is 14.2 Å². The van der Waals surface area contributed by atoms with Crippen LogP contribution in [0.15, 0.2) is 18.5 Å². The van der Waals surface area contributed by atoms with Gasteiger partial charge in [0.1, 0.15) is 6.04 Å². The van der Waals surface area contributed by atoms with E-state index in [0.717, 1.165) is 16.3 Å². The zero-order valence-electron chi connectivity index (χ0n) is 13.3. The van der Waals surface area contributed by atoms with Crippen molar-refractivity contribution in [3.63, 3.8) is 0 Å². The van der Waals surface area contributed by atoms with Crippen LogP contribution in [0.2, 0.25) is 0 Å². The van der Waals surface area contributed by atoms with Crippen molar-refractivity contribution < 1.29 is 18.0 Å². The predicted octanol–water partition coefficient (Wildman–Crippen LogP) is 2.16. The molecule has 9 heteroatoms. The standard InChI is InChI=1S/C14H18F3N5O/c1-9-5-12(14(15,16)17)19-22(9)10(2)13(23)20(3)7-11-6-18-21(4)8-11/h5-6,8,10H,7H2,1-4H3. The summed E-state index contributed by atoms with van der Waals surface area (Å²) in [6, 6.07) is 0.109. The third kappa shape index (κ3) is 3.72. The maximum Gasteiger partial charge on any atom is 0.435 e. The lowest BCUT2D eigenvalue weighted by molar-refractivity contribution is -0.142. The van der Waals surface area contributed by atoms with Crippen LogP contribution in [0, 0.1) is 6.92 Å². The van der Waals surface area contributed by atoms with Gasteiger partial charge < -0.3 is 4.90 Å². The van der Waals surface area contributed by atoms with Crippen LogP contribution in [0.1, 0.15) is 29.9 Å². The molecule has 1 amide bonds. The molecule has 1 unspecified atom stereocenters. The molecule has 2 aromatic heterocycles. The molecule has 0 saturated heterocycles. The maximum absolute atomic E-state index is 12.7. The Kier molecular flexibility index (Phi) is 4.49. The molecule has 126 valence electrons. The summed E-state index contributed by atoms with van der Waals surface area (Å²) >= 11 is 0. The van der Waals surface area contributed by atoms with E-state index in [-0.39, 0.29) is 11.6 Å². The number of aryl methyl sites for hydroxylation is 2. The van der Waals surface area contributed by atoms with Crippen molar-refractivity contribution >= 4 is 5.91 Å². The van der Waals surface area contributed by atoms with Crippen LogP contribution in [0.25, 0.3) is 0 Å². The van der Waals surface area contributed by atoms with Gasteiger partial charge in [-0.15, -0.1) is 0 Å². The summed E-state index contributed by atoms with van der Waals surface area (Å²) in [4.78, 5) is 13.9. The van der Waals surface area contributed by atoms with E-state index < -0.39 is 17.9 Å². The van der Waals surface area contributed by atoms with Gasteiger partial charge in [0.2, 0.25) is 5.91 Å². The maximum atomic E-state index is 12.7. The van der Waals surface area contributed by atoms with Gasteiger partial charge in [0.25, 0.3) is 0 Å². The minimum absolute atomic E-state index is 0.285. The SMILES string of the molecule is Cc1cc(C(F)(F)F)nn1C(C)C(=O)N(C)Cc1cnn(C)c1. The van der Waals surface area contributed by atoms with Crippen LogP contribution in [-0.2, 0) is 24.6 Å². The topological polar surface area (TPSA) is 56.0 Å². The van der Waals surface area contributed by atoms with Gasteiger partial charge in [-0.2, -0.15) is 23.4 Å². The van der Waals surface area contributed by atoms with E-state index in [1.165, 1.54) is 18.7 Å². The van der Waals surface area contributed by atoms with E-state index >= 15 is 0 Å². The van der Waals surface area contributed by atoms with E-state index in [2.05, 4.69) is 10.2 Å². The lowest BCUT2D eigenvalue weighted by Crippen LogP contribution is -2.33. The first kappa shape index (κ1) is 17.0. The fraction of sp³-hybridized carbons (Fsp3) is 0.500. The number of halogens is 3. The molecule has 0 aliphatic carbocycles. The van der Waals surface area contributed by atoms with Crippen molar-refractivity contribution in [1.29, 1.82) is 0 Å². The molecule has 0 radical (unpaired) electrons. The average molecular weight is 329 g/mol. The molecule has 2 heterocycles. The number of amides is 1. The number of nitrogens with zero attached hydrogens (tertiary/aromatic N) is 5. The summed E-state index contributed by atoms with van der Waals surface area (Å²) < 4.78 is 40.9. The van der Waals surface area contributed by atoms with Crippen molar-refractivity contribution in [2.24, 2.45) is 7.05 Å². The molecule has 2 aromatic rings. The van der Waals surface area contributed by atoms with Crippen LogP contribution >= 0.6 is 0 Å². The smallest absolute Gasteiger partial charge is 0.339 e. The first-order valence-electron chi connectivity index (χ1n) is 6.95. The molecule has 0 aliphatic rings. The van der Waals surface area contributed by atoms with E-state index in [1.54, 1.807) is 31.2 Å². The first-order valence-corrected chi connectivity index (χ1v) is 6.95. The highest BCUT2D eigenvalue weighted by Gasteiger charge is 2.35. The molecule has 23 heavy (non-hydrogen) atoms. The minimum atomic E-state index is -4.53. The Hall–Kier alpha value is -2.32. The van der Waals surface area contributed by atoms with E-state index in [9.17, 15) is 18.0 Å². The predicted molar refractivity (Wildman–Crippen MR) is 76.4 cm³/mol. The number of carbonyl (C=O) groups is 1. The van der Waals surface area contributed by atoms with Gasteiger partial charge >= 0.3 is 6.18 Å². The zero-order valence-corrected chi connectivity index (χ0v) is 13.3. The molecule has 6 nitrogen and oxygen atoms in total. The molecule has 1 atom stereocenters. The molecule has 0 N–H and O–H groups in total. The zero-order chi connectivity index (χ0) is 17.4. The van der Waals surface area contributed by atoms with Crippen molar-refractivity contribution in [3.05, 3.63) is 35.4 Å². The molecular formula is C14H18F3N5O. The van der Waals surface area contributed by atoms with Gasteiger partial charge in [-0.25, -0.2) is 0 Å². The molecule has 0 aliphatic heterocycles. The average Bonchev–Trinajstić information content (AvgIpc) is 3.02. The number of hydrogen-bond donors (Lipinski definition) is 0. The van der Waals surface area contributed by atoms with Gasteiger partial charge in [-0.05, 0) is 19.9 Å². The highest BCUT2D eigenvalue weighted by Crippen LogP contribution is 2.29. The second-order valence-corrected chi connectivity index (χ2v) is 5.51. The van der Waals surface area contributed by atoms with E-state index in [1.807, 2.05) is 0 Å². The van der Waals surface area contributed by atoms with Gasteiger partial charge in [-0.1, -0.05) is 0 Å². The quantitative estimate of drug-likeness (QED) is 0.864. The second-order valence-electron chi connectivity index (χ2n) is 5.51. The van der Waals surface area contributed by atoms with E-state index in [4.69, 9.17) is 0 Å². The third-order valence-corrected chi connectivity index (χ3v) is 3.49. The number of aromatic nitrogens is 4. The summed E-state index contributed by atoms with van der Waals surface area (Å²) in [7, 11) is 3.36.